The first kappa shape index (κ1) is 9.21. The van der Waals surface area contributed by atoms with Crippen LogP contribution >= 0.6 is 0 Å². The normalized spacial score (nSPS) is 13.9. The molecule has 0 unspecified atom stereocenters. The minimum atomic E-state index is 0.611. The molecule has 0 spiro atoms. The van der Waals surface area contributed by atoms with E-state index in [1.165, 1.54) is 5.56 Å². The molecule has 2 aromatic rings. The fourth-order valence-electron chi connectivity index (χ4n) is 2.02. The molecule has 0 radical (unpaired) electrons. The first-order chi connectivity index (χ1) is 7.86. The van der Waals surface area contributed by atoms with Crippen LogP contribution in [0.3, 0.4) is 0 Å². The highest BCUT2D eigenvalue weighted by Crippen LogP contribution is 2.35. The summed E-state index contributed by atoms with van der Waals surface area (Å²) in [5.41, 5.74) is 4.40. The highest BCUT2D eigenvalue weighted by molar-refractivity contribution is 5.82. The number of hydrogen-bond acceptors (Lipinski definition) is 2. The van der Waals surface area contributed by atoms with Crippen molar-refractivity contribution >= 4 is 5.57 Å². The van der Waals surface area contributed by atoms with Gasteiger partial charge < -0.3 is 9.72 Å². The molecule has 0 saturated carbocycles. The Morgan fingerprint density at radius 3 is 3.12 bits per heavy atom. The third kappa shape index (κ3) is 1.33. The zero-order chi connectivity index (χ0) is 11.0. The SMILES string of the molecule is Cc1cccc2c1OCC=C2c1c[nH]cn1. The maximum absolute atomic E-state index is 5.67. The van der Waals surface area contributed by atoms with Gasteiger partial charge in [-0.25, -0.2) is 4.98 Å². The van der Waals surface area contributed by atoms with E-state index in [0.29, 0.717) is 6.61 Å². The van der Waals surface area contributed by atoms with Crippen LogP contribution in [0, 0.1) is 6.92 Å². The second kappa shape index (κ2) is 3.52. The Hall–Kier alpha value is -2.03. The lowest BCUT2D eigenvalue weighted by Crippen LogP contribution is -2.06. The Kier molecular flexibility index (Phi) is 2.03. The van der Waals surface area contributed by atoms with Crippen LogP contribution in [0.1, 0.15) is 16.8 Å². The van der Waals surface area contributed by atoms with Crippen molar-refractivity contribution in [1.82, 2.24) is 9.97 Å². The summed E-state index contributed by atoms with van der Waals surface area (Å²) in [5.74, 6) is 0.975. The van der Waals surface area contributed by atoms with Crippen molar-refractivity contribution in [2.24, 2.45) is 0 Å². The zero-order valence-corrected chi connectivity index (χ0v) is 9.03. The van der Waals surface area contributed by atoms with E-state index in [2.05, 4.69) is 35.1 Å². The van der Waals surface area contributed by atoms with Crippen LogP contribution in [0.25, 0.3) is 5.57 Å². The molecule has 0 fully saturated rings. The minimum Gasteiger partial charge on any atom is -0.489 e. The first-order valence-electron chi connectivity index (χ1n) is 5.28. The number of rotatable bonds is 1. The van der Waals surface area contributed by atoms with Crippen molar-refractivity contribution in [3.05, 3.63) is 53.6 Å². The van der Waals surface area contributed by atoms with Gasteiger partial charge in [-0.05, 0) is 18.6 Å². The van der Waals surface area contributed by atoms with E-state index in [1.54, 1.807) is 6.33 Å². The number of aromatic nitrogens is 2. The fourth-order valence-corrected chi connectivity index (χ4v) is 2.02. The van der Waals surface area contributed by atoms with Gasteiger partial charge in [0.2, 0.25) is 0 Å². The third-order valence-corrected chi connectivity index (χ3v) is 2.79. The van der Waals surface area contributed by atoms with E-state index < -0.39 is 0 Å². The molecule has 2 heterocycles. The van der Waals surface area contributed by atoms with Gasteiger partial charge in [-0.2, -0.15) is 0 Å². The molecule has 0 bridgehead atoms. The Morgan fingerprint density at radius 1 is 1.38 bits per heavy atom. The van der Waals surface area contributed by atoms with Crippen LogP contribution in [-0.2, 0) is 0 Å². The van der Waals surface area contributed by atoms with Crippen LogP contribution < -0.4 is 4.74 Å². The molecule has 3 nitrogen and oxygen atoms in total. The number of H-pyrrole nitrogens is 1. The molecular formula is C13H12N2O. The van der Waals surface area contributed by atoms with E-state index >= 15 is 0 Å². The van der Waals surface area contributed by atoms with Gasteiger partial charge in [0.1, 0.15) is 12.4 Å². The van der Waals surface area contributed by atoms with Crippen LogP contribution in [0.15, 0.2) is 36.8 Å². The van der Waals surface area contributed by atoms with Crippen LogP contribution in [-0.4, -0.2) is 16.6 Å². The Bertz CT molecular complexity index is 541. The van der Waals surface area contributed by atoms with Crippen molar-refractivity contribution in [3.63, 3.8) is 0 Å². The molecule has 80 valence electrons. The largest absolute Gasteiger partial charge is 0.489 e. The van der Waals surface area contributed by atoms with E-state index in [-0.39, 0.29) is 0 Å². The van der Waals surface area contributed by atoms with E-state index in [0.717, 1.165) is 22.6 Å². The Labute approximate surface area is 93.8 Å². The number of aromatic amines is 1. The van der Waals surface area contributed by atoms with Gasteiger partial charge in [0.15, 0.2) is 0 Å². The molecule has 0 amide bonds. The highest BCUT2D eigenvalue weighted by atomic mass is 16.5. The van der Waals surface area contributed by atoms with Gasteiger partial charge in [0.25, 0.3) is 0 Å². The number of fused-ring (bicyclic) bond motifs is 1. The predicted octanol–water partition coefficient (Wildman–Crippen LogP) is 2.54. The molecular weight excluding hydrogens is 200 g/mol. The molecule has 1 aliphatic rings. The number of ether oxygens (including phenoxy) is 1. The van der Waals surface area contributed by atoms with Crippen molar-refractivity contribution in [2.45, 2.75) is 6.92 Å². The molecule has 0 aliphatic carbocycles. The maximum Gasteiger partial charge on any atom is 0.130 e. The van der Waals surface area contributed by atoms with Crippen LogP contribution in [0.5, 0.6) is 5.75 Å². The smallest absolute Gasteiger partial charge is 0.130 e. The van der Waals surface area contributed by atoms with Gasteiger partial charge >= 0.3 is 0 Å². The van der Waals surface area contributed by atoms with Crippen molar-refractivity contribution in [3.8, 4) is 5.75 Å². The molecule has 16 heavy (non-hydrogen) atoms. The number of imidazole rings is 1. The van der Waals surface area contributed by atoms with Crippen molar-refractivity contribution in [1.29, 1.82) is 0 Å². The molecule has 0 saturated heterocycles. The number of nitrogens with one attached hydrogen (secondary N) is 1. The van der Waals surface area contributed by atoms with Gasteiger partial charge in [0, 0.05) is 17.3 Å². The van der Waals surface area contributed by atoms with Crippen molar-refractivity contribution in [2.75, 3.05) is 6.61 Å². The number of para-hydroxylation sites is 1. The van der Waals surface area contributed by atoms with Gasteiger partial charge in [-0.15, -0.1) is 0 Å². The summed E-state index contributed by atoms with van der Waals surface area (Å²) in [6.07, 6.45) is 5.67. The van der Waals surface area contributed by atoms with Gasteiger partial charge in [0.05, 0.1) is 12.0 Å². The summed E-state index contributed by atoms with van der Waals surface area (Å²) in [7, 11) is 0. The summed E-state index contributed by atoms with van der Waals surface area (Å²) >= 11 is 0. The zero-order valence-electron chi connectivity index (χ0n) is 9.03. The quantitative estimate of drug-likeness (QED) is 0.788. The Morgan fingerprint density at radius 2 is 2.31 bits per heavy atom. The molecule has 0 atom stereocenters. The van der Waals surface area contributed by atoms with Crippen LogP contribution in [0.2, 0.25) is 0 Å². The minimum absolute atomic E-state index is 0.611. The second-order valence-electron chi connectivity index (χ2n) is 3.83. The molecule has 1 aromatic carbocycles. The topological polar surface area (TPSA) is 37.9 Å². The standard InChI is InChI=1S/C13H12N2O/c1-9-3-2-4-11-10(5-6-16-13(9)11)12-7-14-8-15-12/h2-5,7-8H,6H2,1H3,(H,14,15). The van der Waals surface area contributed by atoms with E-state index in [4.69, 9.17) is 4.74 Å². The summed E-state index contributed by atoms with van der Waals surface area (Å²) in [4.78, 5) is 7.27. The third-order valence-electron chi connectivity index (χ3n) is 2.79. The van der Waals surface area contributed by atoms with Crippen LogP contribution in [0.4, 0.5) is 0 Å². The Balaban J connectivity index is 2.17. The molecule has 1 N–H and O–H groups in total. The summed E-state index contributed by atoms with van der Waals surface area (Å²) < 4.78 is 5.67. The van der Waals surface area contributed by atoms with E-state index in [1.807, 2.05) is 12.3 Å². The second-order valence-corrected chi connectivity index (χ2v) is 3.83. The van der Waals surface area contributed by atoms with Gasteiger partial charge in [-0.3, -0.25) is 0 Å². The number of nitrogens with zero attached hydrogens (tertiary/aromatic N) is 1. The number of aryl methyl sites for hydroxylation is 1. The maximum atomic E-state index is 5.67. The highest BCUT2D eigenvalue weighted by Gasteiger charge is 2.17. The van der Waals surface area contributed by atoms with E-state index in [9.17, 15) is 0 Å². The molecule has 3 heteroatoms. The fraction of sp³-hybridized carbons (Fsp3) is 0.154. The summed E-state index contributed by atoms with van der Waals surface area (Å²) in [6, 6.07) is 6.18. The molecule has 1 aliphatic heterocycles. The average Bonchev–Trinajstić information content (AvgIpc) is 2.82. The lowest BCUT2D eigenvalue weighted by atomic mass is 9.98. The number of benzene rings is 1. The summed E-state index contributed by atoms with van der Waals surface area (Å²) in [6.45, 7) is 2.67. The summed E-state index contributed by atoms with van der Waals surface area (Å²) in [5, 5.41) is 0. The first-order valence-corrected chi connectivity index (χ1v) is 5.28. The van der Waals surface area contributed by atoms with Crippen molar-refractivity contribution < 1.29 is 4.74 Å². The average molecular weight is 212 g/mol. The lowest BCUT2D eigenvalue weighted by Gasteiger charge is -2.19. The molecule has 1 aromatic heterocycles. The predicted molar refractivity (Wildman–Crippen MR) is 62.3 cm³/mol. The monoisotopic (exact) mass is 212 g/mol. The van der Waals surface area contributed by atoms with Gasteiger partial charge in [-0.1, -0.05) is 18.2 Å². The number of hydrogen-bond donors (Lipinski definition) is 1. The lowest BCUT2D eigenvalue weighted by molar-refractivity contribution is 0.355. The molecule has 3 rings (SSSR count).